The van der Waals surface area contributed by atoms with E-state index in [4.69, 9.17) is 14.2 Å². The number of rotatable bonds is 6. The molecule has 0 amide bonds. The first-order chi connectivity index (χ1) is 16.0. The van der Waals surface area contributed by atoms with Gasteiger partial charge in [0.2, 0.25) is 0 Å². The molecule has 1 aliphatic rings. The number of benzene rings is 2. The Morgan fingerprint density at radius 1 is 1.15 bits per heavy atom. The number of hydrogen-bond acceptors (Lipinski definition) is 7. The number of nitrogens with zero attached hydrogens (tertiary/aromatic N) is 2. The summed E-state index contributed by atoms with van der Waals surface area (Å²) in [6, 6.07) is 14.1. The Bertz CT molecular complexity index is 1400. The third kappa shape index (κ3) is 4.21. The van der Waals surface area contributed by atoms with Crippen LogP contribution in [0, 0.1) is 0 Å². The minimum absolute atomic E-state index is 0.204. The molecule has 33 heavy (non-hydrogen) atoms. The van der Waals surface area contributed by atoms with Crippen LogP contribution in [0.1, 0.15) is 31.0 Å². The minimum atomic E-state index is -0.775. The highest BCUT2D eigenvalue weighted by molar-refractivity contribution is 7.07. The van der Waals surface area contributed by atoms with E-state index >= 15 is 0 Å². The number of aromatic nitrogens is 1. The van der Waals surface area contributed by atoms with Crippen LogP contribution in [0.4, 0.5) is 0 Å². The molecule has 7 nitrogen and oxygen atoms in total. The summed E-state index contributed by atoms with van der Waals surface area (Å²) in [7, 11) is 3.11. The van der Waals surface area contributed by atoms with Gasteiger partial charge in [-0.25, -0.2) is 9.79 Å². The largest absolute Gasteiger partial charge is 0.497 e. The first-order valence-electron chi connectivity index (χ1n) is 10.4. The van der Waals surface area contributed by atoms with E-state index in [1.807, 2.05) is 36.4 Å². The highest BCUT2D eigenvalue weighted by Gasteiger charge is 2.35. The molecular weight excluding hydrogens is 440 g/mol. The predicted molar refractivity (Wildman–Crippen MR) is 126 cm³/mol. The normalized spacial score (nSPS) is 15.6. The number of hydrogen-bond donors (Lipinski definition) is 0. The number of esters is 1. The summed E-state index contributed by atoms with van der Waals surface area (Å²) < 4.78 is 18.4. The van der Waals surface area contributed by atoms with E-state index in [9.17, 15) is 9.59 Å². The fraction of sp³-hybridized carbons (Fsp3) is 0.240. The lowest BCUT2D eigenvalue weighted by Crippen LogP contribution is -2.40. The van der Waals surface area contributed by atoms with Crippen molar-refractivity contribution in [2.24, 2.45) is 4.99 Å². The van der Waals surface area contributed by atoms with Gasteiger partial charge in [-0.05, 0) is 43.7 Å². The molecule has 3 aromatic rings. The van der Waals surface area contributed by atoms with Gasteiger partial charge < -0.3 is 14.2 Å². The molecule has 0 saturated heterocycles. The maximum absolute atomic E-state index is 13.6. The molecular formula is C25H24N2O5S. The van der Waals surface area contributed by atoms with E-state index < -0.39 is 12.0 Å². The standard InChI is InChI=1S/C25H24N2O5S/c1-5-32-24(29)21-15(2)26-25-27(22(21)18-14-17(30-3)11-12-19(18)31-4)23(28)20(33-25)13-16-9-7-6-8-10-16/h6-14,22H,5H2,1-4H3/b20-13+/t22-/m1/s1. The molecule has 1 atom stereocenters. The lowest BCUT2D eigenvalue weighted by molar-refractivity contribution is -0.139. The number of carbonyl (C=O) groups excluding carboxylic acids is 1. The molecule has 0 fully saturated rings. The lowest BCUT2D eigenvalue weighted by atomic mass is 9.94. The molecule has 0 aliphatic carbocycles. The van der Waals surface area contributed by atoms with Gasteiger partial charge in [0.15, 0.2) is 4.80 Å². The molecule has 8 heteroatoms. The van der Waals surface area contributed by atoms with E-state index in [0.717, 1.165) is 5.56 Å². The number of methoxy groups -OCH3 is 2. The summed E-state index contributed by atoms with van der Waals surface area (Å²) in [4.78, 5) is 31.8. The van der Waals surface area contributed by atoms with E-state index in [-0.39, 0.29) is 12.2 Å². The first-order valence-corrected chi connectivity index (χ1v) is 11.3. The van der Waals surface area contributed by atoms with Gasteiger partial charge in [0.05, 0.1) is 36.6 Å². The van der Waals surface area contributed by atoms with Gasteiger partial charge >= 0.3 is 5.97 Å². The summed E-state index contributed by atoms with van der Waals surface area (Å²) in [6.45, 7) is 3.69. The zero-order valence-electron chi connectivity index (χ0n) is 18.8. The Morgan fingerprint density at radius 2 is 1.91 bits per heavy atom. The van der Waals surface area contributed by atoms with Gasteiger partial charge in [-0.1, -0.05) is 41.7 Å². The van der Waals surface area contributed by atoms with Crippen molar-refractivity contribution in [1.29, 1.82) is 0 Å². The van der Waals surface area contributed by atoms with Crippen LogP contribution in [-0.2, 0) is 9.53 Å². The summed E-state index contributed by atoms with van der Waals surface area (Å²) >= 11 is 1.28. The van der Waals surface area contributed by atoms with Crippen LogP contribution < -0.4 is 24.4 Å². The Balaban J connectivity index is 2.02. The maximum Gasteiger partial charge on any atom is 0.338 e. The Morgan fingerprint density at radius 3 is 2.58 bits per heavy atom. The minimum Gasteiger partial charge on any atom is -0.497 e. The SMILES string of the molecule is CCOC(=O)C1=C(C)N=c2s/c(=C/c3ccccc3)c(=O)n2[C@@H]1c1cc(OC)ccc1OC. The summed E-state index contributed by atoms with van der Waals surface area (Å²) in [6.07, 6.45) is 1.83. The molecule has 4 rings (SSSR count). The van der Waals surface area contributed by atoms with Crippen LogP contribution in [0.2, 0.25) is 0 Å². The van der Waals surface area contributed by atoms with Crippen LogP contribution in [0.3, 0.4) is 0 Å². The van der Waals surface area contributed by atoms with Gasteiger partial charge in [0.25, 0.3) is 5.56 Å². The fourth-order valence-electron chi connectivity index (χ4n) is 3.84. The maximum atomic E-state index is 13.6. The molecule has 0 saturated carbocycles. The Kier molecular flexibility index (Phi) is 6.46. The average molecular weight is 465 g/mol. The van der Waals surface area contributed by atoms with Crippen LogP contribution in [0.15, 0.2) is 69.6 Å². The second kappa shape index (κ2) is 9.46. The number of fused-ring (bicyclic) bond motifs is 1. The molecule has 1 aliphatic heterocycles. The number of thiazole rings is 1. The van der Waals surface area contributed by atoms with E-state index in [0.29, 0.717) is 37.7 Å². The van der Waals surface area contributed by atoms with Crippen LogP contribution in [0.25, 0.3) is 6.08 Å². The number of ether oxygens (including phenoxy) is 3. The highest BCUT2D eigenvalue weighted by Crippen LogP contribution is 2.37. The van der Waals surface area contributed by atoms with Crippen molar-refractivity contribution >= 4 is 23.4 Å². The Labute approximate surface area is 194 Å². The second-order valence-corrected chi connectivity index (χ2v) is 8.33. The molecule has 2 aromatic carbocycles. The molecule has 0 spiro atoms. The van der Waals surface area contributed by atoms with E-state index in [1.165, 1.54) is 15.9 Å². The van der Waals surface area contributed by atoms with Crippen molar-refractivity contribution < 1.29 is 19.0 Å². The lowest BCUT2D eigenvalue weighted by Gasteiger charge is -2.26. The van der Waals surface area contributed by atoms with Gasteiger partial charge in [-0.15, -0.1) is 0 Å². The average Bonchev–Trinajstić information content (AvgIpc) is 3.12. The Hall–Kier alpha value is -3.65. The highest BCUT2D eigenvalue weighted by atomic mass is 32.1. The monoisotopic (exact) mass is 464 g/mol. The van der Waals surface area contributed by atoms with Gasteiger partial charge in [0, 0.05) is 5.56 Å². The zero-order chi connectivity index (χ0) is 23.5. The van der Waals surface area contributed by atoms with Crippen molar-refractivity contribution in [3.63, 3.8) is 0 Å². The van der Waals surface area contributed by atoms with Crippen molar-refractivity contribution in [3.05, 3.63) is 90.6 Å². The number of allylic oxidation sites excluding steroid dienone is 1. The third-order valence-corrected chi connectivity index (χ3v) is 6.33. The first kappa shape index (κ1) is 22.5. The predicted octanol–water partition coefficient (Wildman–Crippen LogP) is 2.82. The molecule has 2 heterocycles. The van der Waals surface area contributed by atoms with Gasteiger partial charge in [-0.3, -0.25) is 9.36 Å². The van der Waals surface area contributed by atoms with Crippen LogP contribution in [-0.4, -0.2) is 31.4 Å². The smallest absolute Gasteiger partial charge is 0.338 e. The molecule has 0 unspecified atom stereocenters. The molecule has 0 radical (unpaired) electrons. The second-order valence-electron chi connectivity index (χ2n) is 7.32. The van der Waals surface area contributed by atoms with E-state index in [1.54, 1.807) is 46.3 Å². The van der Waals surface area contributed by atoms with Crippen molar-refractivity contribution in [2.75, 3.05) is 20.8 Å². The fourth-order valence-corrected chi connectivity index (χ4v) is 4.89. The summed E-state index contributed by atoms with van der Waals surface area (Å²) in [5, 5.41) is 0. The van der Waals surface area contributed by atoms with Gasteiger partial charge in [0.1, 0.15) is 17.5 Å². The molecule has 0 N–H and O–H groups in total. The summed E-state index contributed by atoms with van der Waals surface area (Å²) in [5.41, 5.74) is 2.06. The van der Waals surface area contributed by atoms with Crippen LogP contribution in [0.5, 0.6) is 11.5 Å². The van der Waals surface area contributed by atoms with Crippen molar-refractivity contribution in [1.82, 2.24) is 4.57 Å². The quantitative estimate of drug-likeness (QED) is 0.524. The topological polar surface area (TPSA) is 79.1 Å². The molecule has 0 bridgehead atoms. The number of carbonyl (C=O) groups is 1. The van der Waals surface area contributed by atoms with E-state index in [2.05, 4.69) is 4.99 Å². The zero-order valence-corrected chi connectivity index (χ0v) is 19.6. The third-order valence-electron chi connectivity index (χ3n) is 5.35. The van der Waals surface area contributed by atoms with Crippen molar-refractivity contribution in [2.45, 2.75) is 19.9 Å². The van der Waals surface area contributed by atoms with Gasteiger partial charge in [-0.2, -0.15) is 0 Å². The molecule has 1 aromatic heterocycles. The summed E-state index contributed by atoms with van der Waals surface area (Å²) in [5.74, 6) is 0.580. The molecule has 170 valence electrons. The van der Waals surface area contributed by atoms with Crippen molar-refractivity contribution in [3.8, 4) is 11.5 Å². The van der Waals surface area contributed by atoms with Crippen LogP contribution >= 0.6 is 11.3 Å².